The second kappa shape index (κ2) is 10.2. The molecule has 158 valence electrons. The lowest BCUT2D eigenvalue weighted by atomic mass is 10.1. The van der Waals surface area contributed by atoms with Gasteiger partial charge in [0.1, 0.15) is 0 Å². The number of halogens is 1. The number of rotatable bonds is 9. The highest BCUT2D eigenvalue weighted by molar-refractivity contribution is 7.89. The van der Waals surface area contributed by atoms with E-state index in [1.807, 2.05) is 38.4 Å². The highest BCUT2D eigenvalue weighted by Crippen LogP contribution is 2.23. The van der Waals surface area contributed by atoms with E-state index in [0.29, 0.717) is 19.6 Å². The summed E-state index contributed by atoms with van der Waals surface area (Å²) in [5, 5.41) is 3.07. The van der Waals surface area contributed by atoms with Crippen LogP contribution < -0.4 is 5.32 Å². The van der Waals surface area contributed by atoms with E-state index in [0.717, 1.165) is 17.7 Å². The molecule has 0 heterocycles. The number of hydrogen-bond acceptors (Lipinski definition) is 4. The van der Waals surface area contributed by atoms with Gasteiger partial charge in [0, 0.05) is 26.2 Å². The Morgan fingerprint density at radius 1 is 1.03 bits per heavy atom. The molecule has 0 spiro atoms. The van der Waals surface area contributed by atoms with Crippen LogP contribution in [0, 0.1) is 0 Å². The first-order valence-electron chi connectivity index (χ1n) is 9.50. The molecule has 8 heteroatoms. The van der Waals surface area contributed by atoms with E-state index in [9.17, 15) is 13.2 Å². The average molecular weight is 438 g/mol. The van der Waals surface area contributed by atoms with Crippen molar-refractivity contribution in [3.63, 3.8) is 0 Å². The van der Waals surface area contributed by atoms with Gasteiger partial charge in [0.05, 0.1) is 15.5 Å². The quantitative estimate of drug-likeness (QED) is 0.653. The van der Waals surface area contributed by atoms with Gasteiger partial charge < -0.3 is 10.2 Å². The molecule has 0 atom stereocenters. The number of carbonyl (C=O) groups is 1. The summed E-state index contributed by atoms with van der Waals surface area (Å²) < 4.78 is 26.9. The highest BCUT2D eigenvalue weighted by Gasteiger charge is 2.23. The normalized spacial score (nSPS) is 11.8. The van der Waals surface area contributed by atoms with Crippen molar-refractivity contribution < 1.29 is 13.2 Å². The molecule has 1 amide bonds. The molecule has 0 saturated heterocycles. The van der Waals surface area contributed by atoms with Gasteiger partial charge in [-0.3, -0.25) is 4.79 Å². The van der Waals surface area contributed by atoms with Crippen LogP contribution in [0.15, 0.2) is 47.4 Å². The molecule has 0 fully saturated rings. The SMILES string of the molecule is CCN(CC)S(=O)(=O)c1ccc(Cl)c(C(=O)NCc2ccccc2CN(C)C)c1. The zero-order chi connectivity index (χ0) is 21.6. The fourth-order valence-electron chi connectivity index (χ4n) is 3.05. The number of carbonyl (C=O) groups excluding carboxylic acids is 1. The van der Waals surface area contributed by atoms with E-state index in [4.69, 9.17) is 11.6 Å². The zero-order valence-electron chi connectivity index (χ0n) is 17.3. The van der Waals surface area contributed by atoms with Gasteiger partial charge in [0.15, 0.2) is 0 Å². The molecule has 2 aromatic carbocycles. The number of hydrogen-bond donors (Lipinski definition) is 1. The third kappa shape index (κ3) is 5.79. The van der Waals surface area contributed by atoms with E-state index >= 15 is 0 Å². The minimum atomic E-state index is -3.67. The molecule has 0 aliphatic rings. The molecule has 2 aromatic rings. The van der Waals surface area contributed by atoms with Gasteiger partial charge in [0.25, 0.3) is 5.91 Å². The zero-order valence-corrected chi connectivity index (χ0v) is 18.8. The number of nitrogens with one attached hydrogen (secondary N) is 1. The van der Waals surface area contributed by atoms with Crippen molar-refractivity contribution in [3.05, 3.63) is 64.2 Å². The van der Waals surface area contributed by atoms with Crippen LogP contribution in [-0.2, 0) is 23.1 Å². The number of amides is 1. The molecule has 0 unspecified atom stereocenters. The Morgan fingerprint density at radius 3 is 2.24 bits per heavy atom. The molecule has 0 aliphatic carbocycles. The second-order valence-electron chi connectivity index (χ2n) is 6.92. The minimum absolute atomic E-state index is 0.0590. The first kappa shape index (κ1) is 23.3. The van der Waals surface area contributed by atoms with Crippen molar-refractivity contribution in [1.29, 1.82) is 0 Å². The topological polar surface area (TPSA) is 69.7 Å². The van der Waals surface area contributed by atoms with Crippen molar-refractivity contribution in [2.75, 3.05) is 27.2 Å². The van der Waals surface area contributed by atoms with Gasteiger partial charge in [0.2, 0.25) is 10.0 Å². The third-order valence-corrected chi connectivity index (χ3v) is 6.95. The van der Waals surface area contributed by atoms with Gasteiger partial charge >= 0.3 is 0 Å². The molecule has 0 radical (unpaired) electrons. The van der Waals surface area contributed by atoms with Crippen molar-refractivity contribution in [2.24, 2.45) is 0 Å². The first-order valence-corrected chi connectivity index (χ1v) is 11.3. The van der Waals surface area contributed by atoms with Crippen LogP contribution in [0.25, 0.3) is 0 Å². The second-order valence-corrected chi connectivity index (χ2v) is 9.27. The Morgan fingerprint density at radius 2 is 1.66 bits per heavy atom. The van der Waals surface area contributed by atoms with E-state index in [1.165, 1.54) is 22.5 Å². The molecule has 6 nitrogen and oxygen atoms in total. The van der Waals surface area contributed by atoms with E-state index in [1.54, 1.807) is 13.8 Å². The standard InChI is InChI=1S/C21H28ClN3O3S/c1-5-25(6-2)29(27,28)18-11-12-20(22)19(13-18)21(26)23-14-16-9-7-8-10-17(16)15-24(3)4/h7-13H,5-6,14-15H2,1-4H3,(H,23,26). The lowest BCUT2D eigenvalue weighted by molar-refractivity contribution is 0.0950. The Balaban J connectivity index is 2.24. The lowest BCUT2D eigenvalue weighted by Crippen LogP contribution is -2.31. The molecule has 0 aromatic heterocycles. The summed E-state index contributed by atoms with van der Waals surface area (Å²) in [6.07, 6.45) is 0. The fraction of sp³-hybridized carbons (Fsp3) is 0.381. The summed E-state index contributed by atoms with van der Waals surface area (Å²) in [5.41, 5.74) is 2.25. The maximum Gasteiger partial charge on any atom is 0.253 e. The van der Waals surface area contributed by atoms with Crippen LogP contribution in [0.5, 0.6) is 0 Å². The maximum atomic E-state index is 12.8. The van der Waals surface area contributed by atoms with Gasteiger partial charge in [-0.15, -0.1) is 0 Å². The smallest absolute Gasteiger partial charge is 0.253 e. The van der Waals surface area contributed by atoms with Crippen molar-refractivity contribution in [3.8, 4) is 0 Å². The first-order chi connectivity index (χ1) is 13.7. The van der Waals surface area contributed by atoms with Crippen LogP contribution >= 0.6 is 11.6 Å². The Labute approximate surface area is 178 Å². The molecule has 1 N–H and O–H groups in total. The molecule has 0 aliphatic heterocycles. The third-order valence-electron chi connectivity index (χ3n) is 4.57. The summed E-state index contributed by atoms with van der Waals surface area (Å²) in [6.45, 7) is 5.33. The van der Waals surface area contributed by atoms with Crippen molar-refractivity contribution in [1.82, 2.24) is 14.5 Å². The monoisotopic (exact) mass is 437 g/mol. The summed E-state index contributed by atoms with van der Waals surface area (Å²) in [5.74, 6) is -0.411. The fourth-order valence-corrected chi connectivity index (χ4v) is 4.74. The van der Waals surface area contributed by atoms with Gasteiger partial charge in [-0.05, 0) is 43.4 Å². The predicted octanol–water partition coefficient (Wildman–Crippen LogP) is 3.36. The van der Waals surface area contributed by atoms with Crippen LogP contribution in [-0.4, -0.2) is 50.7 Å². The van der Waals surface area contributed by atoms with Crippen molar-refractivity contribution in [2.45, 2.75) is 31.8 Å². The van der Waals surface area contributed by atoms with Crippen LogP contribution in [0.1, 0.15) is 35.3 Å². The molecular weight excluding hydrogens is 410 g/mol. The number of benzene rings is 2. The highest BCUT2D eigenvalue weighted by atomic mass is 35.5. The summed E-state index contributed by atoms with van der Waals surface area (Å²) in [7, 11) is 0.294. The summed E-state index contributed by atoms with van der Waals surface area (Å²) in [6, 6.07) is 12.1. The van der Waals surface area contributed by atoms with Crippen LogP contribution in [0.2, 0.25) is 5.02 Å². The predicted molar refractivity (Wildman–Crippen MR) is 117 cm³/mol. The van der Waals surface area contributed by atoms with E-state index in [2.05, 4.69) is 10.2 Å². The molecule has 0 bridgehead atoms. The van der Waals surface area contributed by atoms with Crippen LogP contribution in [0.4, 0.5) is 0 Å². The Kier molecular flexibility index (Phi) is 8.22. The number of sulfonamides is 1. The van der Waals surface area contributed by atoms with Gasteiger partial charge in [-0.2, -0.15) is 4.31 Å². The number of nitrogens with zero attached hydrogens (tertiary/aromatic N) is 2. The van der Waals surface area contributed by atoms with Crippen molar-refractivity contribution >= 4 is 27.5 Å². The molecule has 29 heavy (non-hydrogen) atoms. The van der Waals surface area contributed by atoms with E-state index < -0.39 is 15.9 Å². The molecular formula is C21H28ClN3O3S. The summed E-state index contributed by atoms with van der Waals surface area (Å²) in [4.78, 5) is 14.9. The Hall–Kier alpha value is -1.93. The van der Waals surface area contributed by atoms with E-state index in [-0.39, 0.29) is 15.5 Å². The van der Waals surface area contributed by atoms with Gasteiger partial charge in [-0.1, -0.05) is 49.7 Å². The minimum Gasteiger partial charge on any atom is -0.348 e. The average Bonchev–Trinajstić information content (AvgIpc) is 2.67. The maximum absolute atomic E-state index is 12.8. The molecule has 0 saturated carbocycles. The molecule has 2 rings (SSSR count). The lowest BCUT2D eigenvalue weighted by Gasteiger charge is -2.19. The van der Waals surface area contributed by atoms with Crippen LogP contribution in [0.3, 0.4) is 0 Å². The van der Waals surface area contributed by atoms with Gasteiger partial charge in [-0.25, -0.2) is 8.42 Å². The summed E-state index contributed by atoms with van der Waals surface area (Å²) >= 11 is 6.19. The Bertz CT molecular complexity index is 957. The largest absolute Gasteiger partial charge is 0.348 e.